The van der Waals surface area contributed by atoms with E-state index in [1.807, 2.05) is 0 Å². The minimum absolute atomic E-state index is 0.00821. The summed E-state index contributed by atoms with van der Waals surface area (Å²) in [6, 6.07) is 21.8. The summed E-state index contributed by atoms with van der Waals surface area (Å²) >= 11 is 0. The number of halogens is 6. The van der Waals surface area contributed by atoms with Crippen molar-refractivity contribution in [2.75, 3.05) is 14.2 Å². The van der Waals surface area contributed by atoms with Crippen LogP contribution in [0, 0.1) is 34.9 Å². The second kappa shape index (κ2) is 14.3. The van der Waals surface area contributed by atoms with Crippen molar-refractivity contribution in [3.05, 3.63) is 155 Å². The van der Waals surface area contributed by atoms with Crippen LogP contribution < -0.4 is 9.47 Å². The SMILES string of the molecule is COc1cccc(OC)c1-c1c2nc(c(-c3c(F)cccc3F)c3ccc([nH]3)c(-c3c(F)cccc3F)c3nc(c(-c4c(F)cccc4F)c4ccc1[nH]4)C=C3)C=C2. The molecule has 6 nitrogen and oxygen atoms in total. The second-order valence-electron chi connectivity index (χ2n) is 13.3. The Labute approximate surface area is 326 Å². The van der Waals surface area contributed by atoms with E-state index in [2.05, 4.69) is 9.97 Å². The van der Waals surface area contributed by atoms with Crippen LogP contribution in [0.15, 0.2) is 97.1 Å². The van der Waals surface area contributed by atoms with Gasteiger partial charge < -0.3 is 19.4 Å². The predicted octanol–water partition coefficient (Wildman–Crippen LogP) is 12.2. The molecular weight excluding hydrogens is 755 g/mol. The number of nitrogens with one attached hydrogen (secondary N) is 2. The molecule has 58 heavy (non-hydrogen) atoms. The van der Waals surface area contributed by atoms with E-state index in [-0.39, 0.29) is 50.3 Å². The standard InChI is InChI=1S/C46H28F6N4O2/c1-57-37-13-6-14-38(58-2)46(37)45-35-21-19-33(55-35)43(40-25(49)9-4-10-26(40)50)31-17-15-29(53-31)42(39-23(47)7-3-8-24(39)48)30-16-18-32(54-30)44(34-20-22-36(45)56-34)41-27(51)11-5-12-28(41)52/h3-22,53,56H,1-2H3. The Hall–Kier alpha value is -7.34. The summed E-state index contributed by atoms with van der Waals surface area (Å²) < 4.78 is 107. The van der Waals surface area contributed by atoms with Gasteiger partial charge in [-0.2, -0.15) is 0 Å². The molecule has 0 radical (unpaired) electrons. The van der Waals surface area contributed by atoms with Crippen molar-refractivity contribution >= 4 is 46.4 Å². The zero-order valence-electron chi connectivity index (χ0n) is 30.5. The maximum absolute atomic E-state index is 15.9. The van der Waals surface area contributed by atoms with E-state index in [0.717, 1.165) is 36.4 Å². The van der Waals surface area contributed by atoms with Gasteiger partial charge in [0.15, 0.2) is 0 Å². The van der Waals surface area contributed by atoms with Crippen LogP contribution >= 0.6 is 0 Å². The summed E-state index contributed by atoms with van der Waals surface area (Å²) in [5, 5.41) is 0. The first kappa shape index (κ1) is 36.3. The maximum atomic E-state index is 15.9. The summed E-state index contributed by atoms with van der Waals surface area (Å²) in [4.78, 5) is 16.2. The van der Waals surface area contributed by atoms with Crippen molar-refractivity contribution < 1.29 is 35.8 Å². The number of ether oxygens (including phenoxy) is 2. The number of methoxy groups -OCH3 is 2. The Kier molecular flexibility index (Phi) is 8.96. The number of fused-ring (bicyclic) bond motifs is 8. The molecule has 0 saturated heterocycles. The quantitative estimate of drug-likeness (QED) is 0.165. The summed E-state index contributed by atoms with van der Waals surface area (Å²) in [7, 11) is 2.97. The molecule has 0 aliphatic carbocycles. The van der Waals surface area contributed by atoms with Gasteiger partial charge in [0.25, 0.3) is 0 Å². The van der Waals surface area contributed by atoms with E-state index in [1.165, 1.54) is 56.7 Å². The van der Waals surface area contributed by atoms with Crippen LogP contribution in [0.3, 0.4) is 0 Å². The van der Waals surface area contributed by atoms with Gasteiger partial charge in [0, 0.05) is 44.3 Å². The Morgan fingerprint density at radius 3 is 0.879 bits per heavy atom. The van der Waals surface area contributed by atoms with Crippen LogP contribution in [0.4, 0.5) is 26.3 Å². The molecule has 8 bridgehead atoms. The lowest BCUT2D eigenvalue weighted by Gasteiger charge is -2.14. The molecule has 286 valence electrons. The molecule has 5 heterocycles. The van der Waals surface area contributed by atoms with Gasteiger partial charge in [-0.3, -0.25) is 0 Å². The van der Waals surface area contributed by atoms with Crippen LogP contribution in [0.2, 0.25) is 0 Å². The average molecular weight is 783 g/mol. The normalized spacial score (nSPS) is 12.0. The van der Waals surface area contributed by atoms with Gasteiger partial charge in [-0.25, -0.2) is 36.3 Å². The number of nitrogens with zero attached hydrogens (tertiary/aromatic N) is 2. The molecule has 2 aliphatic rings. The van der Waals surface area contributed by atoms with Gasteiger partial charge in [0.05, 0.1) is 59.2 Å². The molecular formula is C46H28F6N4O2. The molecule has 9 rings (SSSR count). The summed E-state index contributed by atoms with van der Waals surface area (Å²) in [5.74, 6) is -4.62. The van der Waals surface area contributed by atoms with Crippen molar-refractivity contribution in [2.45, 2.75) is 0 Å². The fourth-order valence-electron chi connectivity index (χ4n) is 7.57. The van der Waals surface area contributed by atoms with E-state index < -0.39 is 51.6 Å². The summed E-state index contributed by atoms with van der Waals surface area (Å²) in [6.07, 6.45) is 6.19. The number of hydrogen-bond acceptors (Lipinski definition) is 4. The number of benzene rings is 4. The molecule has 0 unspecified atom stereocenters. The highest BCUT2D eigenvalue weighted by Gasteiger charge is 2.26. The Morgan fingerprint density at radius 2 is 0.603 bits per heavy atom. The van der Waals surface area contributed by atoms with Crippen LogP contribution in [0.5, 0.6) is 11.5 Å². The summed E-state index contributed by atoms with van der Waals surface area (Å²) in [5.41, 5.74) is 0.930. The Morgan fingerprint density at radius 1 is 0.345 bits per heavy atom. The number of rotatable bonds is 6. The molecule has 2 aliphatic heterocycles. The molecule has 3 aromatic heterocycles. The predicted molar refractivity (Wildman–Crippen MR) is 213 cm³/mol. The first-order valence-corrected chi connectivity index (χ1v) is 17.9. The van der Waals surface area contributed by atoms with Crippen LogP contribution in [-0.4, -0.2) is 34.2 Å². The first-order valence-electron chi connectivity index (χ1n) is 17.9. The van der Waals surface area contributed by atoms with Gasteiger partial charge in [-0.15, -0.1) is 0 Å². The van der Waals surface area contributed by atoms with E-state index in [9.17, 15) is 0 Å². The smallest absolute Gasteiger partial charge is 0.134 e. The third kappa shape index (κ3) is 5.92. The highest BCUT2D eigenvalue weighted by Crippen LogP contribution is 2.45. The third-order valence-corrected chi connectivity index (χ3v) is 10.1. The lowest BCUT2D eigenvalue weighted by molar-refractivity contribution is 0.397. The lowest BCUT2D eigenvalue weighted by Crippen LogP contribution is -1.97. The van der Waals surface area contributed by atoms with Gasteiger partial charge in [-0.05, 0) is 97.1 Å². The van der Waals surface area contributed by atoms with Gasteiger partial charge >= 0.3 is 0 Å². The van der Waals surface area contributed by atoms with Crippen molar-refractivity contribution in [1.82, 2.24) is 19.9 Å². The van der Waals surface area contributed by atoms with Gasteiger partial charge in [0.1, 0.15) is 46.4 Å². The monoisotopic (exact) mass is 782 g/mol. The Balaban J connectivity index is 1.55. The number of hydrogen-bond donors (Lipinski definition) is 2. The molecule has 7 aromatic rings. The molecule has 0 saturated carbocycles. The van der Waals surface area contributed by atoms with Crippen molar-refractivity contribution in [1.29, 1.82) is 0 Å². The van der Waals surface area contributed by atoms with Crippen LogP contribution in [0.25, 0.3) is 90.9 Å². The van der Waals surface area contributed by atoms with Crippen molar-refractivity contribution in [3.63, 3.8) is 0 Å². The minimum Gasteiger partial charge on any atom is -0.496 e. The van der Waals surface area contributed by atoms with E-state index in [1.54, 1.807) is 42.5 Å². The minimum atomic E-state index is -0.926. The topological polar surface area (TPSA) is 75.8 Å². The molecule has 0 atom stereocenters. The summed E-state index contributed by atoms with van der Waals surface area (Å²) in [6.45, 7) is 0. The first-order chi connectivity index (χ1) is 28.2. The highest BCUT2D eigenvalue weighted by molar-refractivity contribution is 6.01. The molecule has 0 fully saturated rings. The van der Waals surface area contributed by atoms with Gasteiger partial charge in [0.2, 0.25) is 0 Å². The molecule has 0 amide bonds. The third-order valence-electron chi connectivity index (χ3n) is 10.1. The van der Waals surface area contributed by atoms with Gasteiger partial charge in [-0.1, -0.05) is 24.3 Å². The zero-order chi connectivity index (χ0) is 40.2. The van der Waals surface area contributed by atoms with E-state index >= 15 is 26.3 Å². The maximum Gasteiger partial charge on any atom is 0.134 e. The average Bonchev–Trinajstić information content (AvgIpc) is 4.05. The zero-order valence-corrected chi connectivity index (χ0v) is 30.5. The van der Waals surface area contributed by atoms with E-state index in [4.69, 9.17) is 19.4 Å². The number of H-pyrrole nitrogens is 2. The Bertz CT molecular complexity index is 2940. The molecule has 0 spiro atoms. The second-order valence-corrected chi connectivity index (χ2v) is 13.3. The fourth-order valence-corrected chi connectivity index (χ4v) is 7.57. The molecule has 12 heteroatoms. The van der Waals surface area contributed by atoms with Crippen LogP contribution in [-0.2, 0) is 0 Å². The van der Waals surface area contributed by atoms with Crippen LogP contribution in [0.1, 0.15) is 22.8 Å². The lowest BCUT2D eigenvalue weighted by atomic mass is 10.0. The number of aromatic amines is 2. The largest absolute Gasteiger partial charge is 0.496 e. The van der Waals surface area contributed by atoms with E-state index in [0.29, 0.717) is 33.8 Å². The molecule has 2 N–H and O–H groups in total. The van der Waals surface area contributed by atoms with Crippen molar-refractivity contribution in [2.24, 2.45) is 0 Å². The number of aromatic nitrogens is 4. The fraction of sp³-hybridized carbons (Fsp3) is 0.0435. The van der Waals surface area contributed by atoms with Crippen molar-refractivity contribution in [3.8, 4) is 56.0 Å². The molecule has 4 aromatic carbocycles. The highest BCUT2D eigenvalue weighted by atomic mass is 19.2.